The van der Waals surface area contributed by atoms with Crippen molar-refractivity contribution in [2.45, 2.75) is 6.54 Å². The fourth-order valence-electron chi connectivity index (χ4n) is 2.84. The lowest BCUT2D eigenvalue weighted by molar-refractivity contribution is 0.100. The summed E-state index contributed by atoms with van der Waals surface area (Å²) in [5.74, 6) is 0.978. The molecule has 1 aromatic carbocycles. The normalized spacial score (nSPS) is 11.0. The number of furan rings is 1. The van der Waals surface area contributed by atoms with Crippen molar-refractivity contribution in [3.05, 3.63) is 41.7 Å². The van der Waals surface area contributed by atoms with E-state index in [1.165, 1.54) is 0 Å². The molecule has 0 radical (unpaired) electrons. The predicted octanol–water partition coefficient (Wildman–Crippen LogP) is 1.75. The number of aromatic amines is 1. The smallest absolute Gasteiger partial charge is 0.317 e. The van der Waals surface area contributed by atoms with Crippen molar-refractivity contribution in [2.24, 2.45) is 11.5 Å². The number of H-pyrrole nitrogens is 1. The molecule has 0 aliphatic carbocycles. The first-order valence-corrected chi connectivity index (χ1v) is 8.30. The molecule has 3 aromatic rings. The minimum atomic E-state index is -0.791. The number of ether oxygens (including phenoxy) is 1. The van der Waals surface area contributed by atoms with Crippen LogP contribution in [0.25, 0.3) is 22.2 Å². The summed E-state index contributed by atoms with van der Waals surface area (Å²) in [4.78, 5) is 25.9. The van der Waals surface area contributed by atoms with E-state index in [4.69, 9.17) is 20.6 Å². The molecule has 0 aliphatic rings. The molecule has 142 valence electrons. The van der Waals surface area contributed by atoms with E-state index in [1.54, 1.807) is 13.2 Å². The number of hydrogen-bond donors (Lipinski definition) is 5. The van der Waals surface area contributed by atoms with Crippen LogP contribution in [0.1, 0.15) is 16.1 Å². The third-order valence-corrected chi connectivity index (χ3v) is 4.02. The Morgan fingerprint density at radius 3 is 2.74 bits per heavy atom. The quantitative estimate of drug-likeness (QED) is 0.383. The molecule has 3 amide bonds. The molecule has 3 rings (SSSR count). The molecule has 2 heterocycles. The van der Waals surface area contributed by atoms with E-state index < -0.39 is 11.9 Å². The zero-order chi connectivity index (χ0) is 19.4. The van der Waals surface area contributed by atoms with Crippen molar-refractivity contribution < 1.29 is 18.7 Å². The van der Waals surface area contributed by atoms with E-state index in [9.17, 15) is 9.59 Å². The molecule has 0 saturated heterocycles. The Morgan fingerprint density at radius 1 is 1.22 bits per heavy atom. The number of fused-ring (bicyclic) bond motifs is 1. The Balaban J connectivity index is 1.87. The van der Waals surface area contributed by atoms with E-state index >= 15 is 0 Å². The minimum Gasteiger partial charge on any atom is -0.460 e. The van der Waals surface area contributed by atoms with Gasteiger partial charge in [-0.3, -0.25) is 10.1 Å². The highest BCUT2D eigenvalue weighted by molar-refractivity contribution is 6.13. The van der Waals surface area contributed by atoms with Gasteiger partial charge in [0, 0.05) is 30.1 Å². The van der Waals surface area contributed by atoms with E-state index in [-0.39, 0.29) is 11.4 Å². The fourth-order valence-corrected chi connectivity index (χ4v) is 2.84. The number of hydrogen-bond acceptors (Lipinski definition) is 5. The second-order valence-corrected chi connectivity index (χ2v) is 5.92. The molecule has 0 atom stereocenters. The highest BCUT2D eigenvalue weighted by Crippen LogP contribution is 2.31. The highest BCUT2D eigenvalue weighted by Gasteiger charge is 2.18. The zero-order valence-corrected chi connectivity index (χ0v) is 14.8. The third kappa shape index (κ3) is 4.10. The van der Waals surface area contributed by atoms with E-state index in [0.717, 1.165) is 17.9 Å². The van der Waals surface area contributed by atoms with E-state index in [0.29, 0.717) is 29.8 Å². The third-order valence-electron chi connectivity index (χ3n) is 4.02. The number of methoxy groups -OCH3 is 1. The highest BCUT2D eigenvalue weighted by atomic mass is 16.5. The molecular formula is C18H21N5O4. The topological polar surface area (TPSA) is 148 Å². The molecule has 0 spiro atoms. The summed E-state index contributed by atoms with van der Waals surface area (Å²) < 4.78 is 10.8. The van der Waals surface area contributed by atoms with Gasteiger partial charge in [0.25, 0.3) is 5.91 Å². The number of carbonyl (C=O) groups is 2. The molecule has 27 heavy (non-hydrogen) atoms. The Morgan fingerprint density at radius 2 is 2.04 bits per heavy atom. The van der Waals surface area contributed by atoms with Crippen molar-refractivity contribution >= 4 is 28.7 Å². The van der Waals surface area contributed by atoms with Crippen LogP contribution in [0.3, 0.4) is 0 Å². The maximum Gasteiger partial charge on any atom is 0.317 e. The number of amides is 3. The molecule has 0 saturated carbocycles. The first kappa shape index (κ1) is 18.5. The SMILES string of the molecule is COCCNCc1ccc(-c2ccc3c(C(N)=O)c(NC(N)=O)[nH]c3c2)o1. The monoisotopic (exact) mass is 371 g/mol. The van der Waals surface area contributed by atoms with Crippen LogP contribution in [-0.4, -0.2) is 37.2 Å². The second-order valence-electron chi connectivity index (χ2n) is 5.92. The van der Waals surface area contributed by atoms with Crippen molar-refractivity contribution in [3.63, 3.8) is 0 Å². The Bertz CT molecular complexity index is 975. The van der Waals surface area contributed by atoms with E-state index in [1.807, 2.05) is 24.3 Å². The number of anilines is 1. The molecule has 0 fully saturated rings. The van der Waals surface area contributed by atoms with Gasteiger partial charge in [0.15, 0.2) is 0 Å². The van der Waals surface area contributed by atoms with Crippen LogP contribution in [0.4, 0.5) is 10.6 Å². The van der Waals surface area contributed by atoms with Crippen LogP contribution < -0.4 is 22.1 Å². The molecule has 7 N–H and O–H groups in total. The van der Waals surface area contributed by atoms with Gasteiger partial charge >= 0.3 is 6.03 Å². The first-order chi connectivity index (χ1) is 13.0. The van der Waals surface area contributed by atoms with E-state index in [2.05, 4.69) is 15.6 Å². The molecule has 0 aliphatic heterocycles. The summed E-state index contributed by atoms with van der Waals surface area (Å²) in [5, 5.41) is 6.18. The Hall–Kier alpha value is -3.30. The maximum atomic E-state index is 11.8. The summed E-state index contributed by atoms with van der Waals surface area (Å²) in [7, 11) is 1.65. The largest absolute Gasteiger partial charge is 0.460 e. The Labute approximate surface area is 155 Å². The summed E-state index contributed by atoms with van der Waals surface area (Å²) in [6.45, 7) is 1.94. The summed E-state index contributed by atoms with van der Waals surface area (Å²) in [6.07, 6.45) is 0. The molecule has 0 unspecified atom stereocenters. The van der Waals surface area contributed by atoms with Gasteiger partial charge in [0.1, 0.15) is 17.3 Å². The van der Waals surface area contributed by atoms with Gasteiger partial charge in [-0.15, -0.1) is 0 Å². The van der Waals surface area contributed by atoms with Gasteiger partial charge < -0.3 is 30.9 Å². The number of primary amides is 2. The lowest BCUT2D eigenvalue weighted by Crippen LogP contribution is -2.22. The van der Waals surface area contributed by atoms with Crippen molar-refractivity contribution in [1.29, 1.82) is 0 Å². The van der Waals surface area contributed by atoms with Crippen molar-refractivity contribution in [3.8, 4) is 11.3 Å². The van der Waals surface area contributed by atoms with Crippen LogP contribution in [0.15, 0.2) is 34.7 Å². The summed E-state index contributed by atoms with van der Waals surface area (Å²) >= 11 is 0. The summed E-state index contributed by atoms with van der Waals surface area (Å²) in [5.41, 5.74) is 12.2. The number of carbonyl (C=O) groups excluding carboxylic acids is 2. The maximum absolute atomic E-state index is 11.8. The number of aromatic nitrogens is 1. The van der Waals surface area contributed by atoms with Gasteiger partial charge in [0.05, 0.1) is 18.7 Å². The minimum absolute atomic E-state index is 0.171. The number of urea groups is 1. The van der Waals surface area contributed by atoms with Crippen LogP contribution in [0.5, 0.6) is 0 Å². The summed E-state index contributed by atoms with van der Waals surface area (Å²) in [6, 6.07) is 8.35. The van der Waals surface area contributed by atoms with Gasteiger partial charge in [-0.1, -0.05) is 12.1 Å². The lowest BCUT2D eigenvalue weighted by Gasteiger charge is -2.02. The molecule has 9 nitrogen and oxygen atoms in total. The van der Waals surface area contributed by atoms with Crippen LogP contribution in [0, 0.1) is 0 Å². The van der Waals surface area contributed by atoms with Gasteiger partial charge in [-0.05, 0) is 18.2 Å². The Kier molecular flexibility index (Phi) is 5.43. The average Bonchev–Trinajstić information content (AvgIpc) is 3.21. The van der Waals surface area contributed by atoms with Crippen molar-refractivity contribution in [2.75, 3.05) is 25.6 Å². The van der Waals surface area contributed by atoms with Crippen LogP contribution in [0.2, 0.25) is 0 Å². The van der Waals surface area contributed by atoms with Crippen LogP contribution in [-0.2, 0) is 11.3 Å². The average molecular weight is 371 g/mol. The van der Waals surface area contributed by atoms with Crippen molar-refractivity contribution in [1.82, 2.24) is 10.3 Å². The number of benzene rings is 1. The lowest BCUT2D eigenvalue weighted by atomic mass is 10.1. The van der Waals surface area contributed by atoms with Gasteiger partial charge in [-0.25, -0.2) is 4.79 Å². The molecule has 2 aromatic heterocycles. The zero-order valence-electron chi connectivity index (χ0n) is 14.8. The molecular weight excluding hydrogens is 350 g/mol. The number of nitrogens with two attached hydrogens (primary N) is 2. The predicted molar refractivity (Wildman–Crippen MR) is 101 cm³/mol. The molecule has 0 bridgehead atoms. The van der Waals surface area contributed by atoms with Gasteiger partial charge in [0.2, 0.25) is 0 Å². The van der Waals surface area contributed by atoms with Gasteiger partial charge in [-0.2, -0.15) is 0 Å². The standard InChI is InChI=1S/C18H21N5O4/c1-26-7-6-21-9-11-3-5-14(27-11)10-2-4-12-13(8-10)22-17(23-18(20)25)15(12)16(19)24/h2-5,8,21-22H,6-7,9H2,1H3,(H2,19,24)(H3,20,23,25). The second kappa shape index (κ2) is 7.94. The molecule has 9 heteroatoms. The number of nitrogens with one attached hydrogen (secondary N) is 3. The number of rotatable bonds is 8. The fraction of sp³-hybridized carbons (Fsp3) is 0.222. The first-order valence-electron chi connectivity index (χ1n) is 8.30. The van der Waals surface area contributed by atoms with Crippen LogP contribution >= 0.6 is 0 Å².